The summed E-state index contributed by atoms with van der Waals surface area (Å²) in [6.45, 7) is 2.97. The topological polar surface area (TPSA) is 62.3 Å². The van der Waals surface area contributed by atoms with Gasteiger partial charge in [-0.2, -0.15) is 5.10 Å². The summed E-state index contributed by atoms with van der Waals surface area (Å²) in [5, 5.41) is 4.41. The van der Waals surface area contributed by atoms with Crippen molar-refractivity contribution in [2.75, 3.05) is 7.11 Å². The number of nitrogens with two attached hydrogens (primary N) is 1. The van der Waals surface area contributed by atoms with E-state index in [1.807, 2.05) is 23.9 Å². The number of hydrogen-bond donors (Lipinski definition) is 1. The number of nitrogens with zero attached hydrogens (tertiary/aromatic N) is 2. The Balaban J connectivity index is 2.21. The SMILES string of the molecule is CCc1cc(COc2c(Br)cc(CN)cc2OC)n(C)n1. The molecule has 0 aliphatic rings. The van der Waals surface area contributed by atoms with E-state index in [9.17, 15) is 0 Å². The molecular weight excluding hydrogens is 334 g/mol. The highest BCUT2D eigenvalue weighted by molar-refractivity contribution is 9.10. The highest BCUT2D eigenvalue weighted by Gasteiger charge is 2.13. The minimum atomic E-state index is 0.431. The van der Waals surface area contributed by atoms with E-state index >= 15 is 0 Å². The molecule has 0 radical (unpaired) electrons. The first-order chi connectivity index (χ1) is 10.1. The lowest BCUT2D eigenvalue weighted by Gasteiger charge is -2.14. The van der Waals surface area contributed by atoms with Crippen molar-refractivity contribution in [3.63, 3.8) is 0 Å². The van der Waals surface area contributed by atoms with E-state index in [4.69, 9.17) is 15.2 Å². The average molecular weight is 354 g/mol. The number of benzene rings is 1. The predicted molar refractivity (Wildman–Crippen MR) is 85.5 cm³/mol. The van der Waals surface area contributed by atoms with Crippen LogP contribution in [0.15, 0.2) is 22.7 Å². The number of aromatic nitrogens is 2. The fraction of sp³-hybridized carbons (Fsp3) is 0.400. The molecule has 0 saturated heterocycles. The summed E-state index contributed by atoms with van der Waals surface area (Å²) in [4.78, 5) is 0. The van der Waals surface area contributed by atoms with Crippen LogP contribution in [0.5, 0.6) is 11.5 Å². The molecule has 114 valence electrons. The van der Waals surface area contributed by atoms with Crippen LogP contribution in [0.1, 0.15) is 23.9 Å². The summed E-state index contributed by atoms with van der Waals surface area (Å²) in [7, 11) is 3.54. The molecule has 0 amide bonds. The predicted octanol–water partition coefficient (Wildman–Crippen LogP) is 2.79. The van der Waals surface area contributed by atoms with E-state index in [-0.39, 0.29) is 0 Å². The molecule has 0 unspecified atom stereocenters. The van der Waals surface area contributed by atoms with Crippen LogP contribution in [-0.4, -0.2) is 16.9 Å². The van der Waals surface area contributed by atoms with Crippen LogP contribution in [0.4, 0.5) is 0 Å². The Bertz CT molecular complexity index is 626. The van der Waals surface area contributed by atoms with Crippen LogP contribution in [0.25, 0.3) is 0 Å². The van der Waals surface area contributed by atoms with Gasteiger partial charge in [-0.15, -0.1) is 0 Å². The second kappa shape index (κ2) is 6.95. The summed E-state index contributed by atoms with van der Waals surface area (Å²) >= 11 is 3.51. The first-order valence-corrected chi connectivity index (χ1v) is 7.59. The zero-order valence-corrected chi connectivity index (χ0v) is 14.1. The molecule has 0 bridgehead atoms. The molecule has 1 aromatic heterocycles. The van der Waals surface area contributed by atoms with Crippen molar-refractivity contribution in [1.82, 2.24) is 9.78 Å². The molecule has 2 N–H and O–H groups in total. The summed E-state index contributed by atoms with van der Waals surface area (Å²) in [6, 6.07) is 5.88. The molecule has 0 aliphatic carbocycles. The maximum Gasteiger partial charge on any atom is 0.175 e. The molecule has 21 heavy (non-hydrogen) atoms. The lowest BCUT2D eigenvalue weighted by Crippen LogP contribution is -2.05. The van der Waals surface area contributed by atoms with E-state index in [1.54, 1.807) is 7.11 Å². The van der Waals surface area contributed by atoms with Gasteiger partial charge in [0.2, 0.25) is 0 Å². The molecule has 0 spiro atoms. The summed E-state index contributed by atoms with van der Waals surface area (Å²) in [6.07, 6.45) is 0.909. The van der Waals surface area contributed by atoms with Gasteiger partial charge < -0.3 is 15.2 Å². The summed E-state index contributed by atoms with van der Waals surface area (Å²) in [5.74, 6) is 1.34. The molecule has 1 heterocycles. The zero-order chi connectivity index (χ0) is 15.4. The minimum absolute atomic E-state index is 0.431. The van der Waals surface area contributed by atoms with E-state index < -0.39 is 0 Å². The molecule has 0 saturated carbocycles. The van der Waals surface area contributed by atoms with Crippen molar-refractivity contribution in [3.05, 3.63) is 39.6 Å². The number of rotatable bonds is 6. The second-order valence-electron chi connectivity index (χ2n) is 4.71. The quantitative estimate of drug-likeness (QED) is 0.867. The van der Waals surface area contributed by atoms with Crippen molar-refractivity contribution in [1.29, 1.82) is 0 Å². The van der Waals surface area contributed by atoms with Crippen molar-refractivity contribution >= 4 is 15.9 Å². The van der Waals surface area contributed by atoms with Gasteiger partial charge in [-0.05, 0) is 46.1 Å². The lowest BCUT2D eigenvalue weighted by molar-refractivity contribution is 0.273. The van der Waals surface area contributed by atoms with Crippen LogP contribution in [-0.2, 0) is 26.6 Å². The number of methoxy groups -OCH3 is 1. The van der Waals surface area contributed by atoms with E-state index in [0.717, 1.165) is 27.8 Å². The number of hydrogen-bond acceptors (Lipinski definition) is 4. The zero-order valence-electron chi connectivity index (χ0n) is 12.5. The summed E-state index contributed by atoms with van der Waals surface area (Å²) < 4.78 is 14.0. The van der Waals surface area contributed by atoms with Crippen LogP contribution in [0.3, 0.4) is 0 Å². The Morgan fingerprint density at radius 1 is 1.33 bits per heavy atom. The van der Waals surface area contributed by atoms with Crippen LogP contribution >= 0.6 is 15.9 Å². The van der Waals surface area contributed by atoms with Gasteiger partial charge in [-0.3, -0.25) is 4.68 Å². The van der Waals surface area contributed by atoms with Crippen molar-refractivity contribution in [2.24, 2.45) is 12.8 Å². The Morgan fingerprint density at radius 2 is 2.10 bits per heavy atom. The number of aryl methyl sites for hydroxylation is 2. The minimum Gasteiger partial charge on any atom is -0.493 e. The number of ether oxygens (including phenoxy) is 2. The monoisotopic (exact) mass is 353 g/mol. The van der Waals surface area contributed by atoms with E-state index in [0.29, 0.717) is 24.7 Å². The smallest absolute Gasteiger partial charge is 0.175 e. The first kappa shape index (κ1) is 15.9. The third-order valence-electron chi connectivity index (χ3n) is 3.28. The van der Waals surface area contributed by atoms with Gasteiger partial charge in [-0.1, -0.05) is 6.92 Å². The Labute approximate surface area is 133 Å². The standard InChI is InChI=1S/C15H20BrN3O2/c1-4-11-7-12(19(2)18-11)9-21-15-13(16)5-10(8-17)6-14(15)20-3/h5-7H,4,8-9,17H2,1-3H3. The maximum atomic E-state index is 5.91. The molecule has 0 aliphatic heterocycles. The van der Waals surface area contributed by atoms with Crippen molar-refractivity contribution in [3.8, 4) is 11.5 Å². The first-order valence-electron chi connectivity index (χ1n) is 6.80. The van der Waals surface area contributed by atoms with Gasteiger partial charge in [-0.25, -0.2) is 0 Å². The molecule has 6 heteroatoms. The summed E-state index contributed by atoms with van der Waals surface area (Å²) in [5.41, 5.74) is 8.73. The van der Waals surface area contributed by atoms with Crippen molar-refractivity contribution < 1.29 is 9.47 Å². The molecule has 0 fully saturated rings. The van der Waals surface area contributed by atoms with Crippen molar-refractivity contribution in [2.45, 2.75) is 26.5 Å². The van der Waals surface area contributed by atoms with Gasteiger partial charge in [0.05, 0.1) is 23.0 Å². The second-order valence-corrected chi connectivity index (χ2v) is 5.56. The molecular formula is C15H20BrN3O2. The number of halogens is 1. The van der Waals surface area contributed by atoms with Crippen LogP contribution in [0, 0.1) is 0 Å². The molecule has 5 nitrogen and oxygen atoms in total. The fourth-order valence-corrected chi connectivity index (χ4v) is 2.66. The van der Waals surface area contributed by atoms with Crippen LogP contribution < -0.4 is 15.2 Å². The lowest BCUT2D eigenvalue weighted by atomic mass is 10.2. The van der Waals surface area contributed by atoms with Gasteiger partial charge >= 0.3 is 0 Å². The van der Waals surface area contributed by atoms with Gasteiger partial charge in [0.15, 0.2) is 11.5 Å². The molecule has 0 atom stereocenters. The third-order valence-corrected chi connectivity index (χ3v) is 3.87. The molecule has 2 aromatic rings. The maximum absolute atomic E-state index is 5.91. The Hall–Kier alpha value is -1.53. The van der Waals surface area contributed by atoms with Crippen LogP contribution in [0.2, 0.25) is 0 Å². The molecule has 1 aromatic carbocycles. The van der Waals surface area contributed by atoms with E-state index in [2.05, 4.69) is 34.0 Å². The highest BCUT2D eigenvalue weighted by Crippen LogP contribution is 2.37. The molecule has 2 rings (SSSR count). The fourth-order valence-electron chi connectivity index (χ4n) is 2.06. The van der Waals surface area contributed by atoms with E-state index in [1.165, 1.54) is 0 Å². The van der Waals surface area contributed by atoms with Gasteiger partial charge in [0.25, 0.3) is 0 Å². The average Bonchev–Trinajstić information content (AvgIpc) is 2.85. The van der Waals surface area contributed by atoms with Gasteiger partial charge in [0.1, 0.15) is 6.61 Å². The normalized spacial score (nSPS) is 10.7. The Kier molecular flexibility index (Phi) is 5.25. The van der Waals surface area contributed by atoms with Gasteiger partial charge in [0, 0.05) is 13.6 Å². The Morgan fingerprint density at radius 3 is 2.67 bits per heavy atom. The highest BCUT2D eigenvalue weighted by atomic mass is 79.9. The third kappa shape index (κ3) is 3.57. The largest absolute Gasteiger partial charge is 0.493 e.